The van der Waals surface area contributed by atoms with E-state index in [0.717, 1.165) is 37.9 Å². The highest BCUT2D eigenvalue weighted by Gasteiger charge is 2.23. The molecule has 1 unspecified atom stereocenters. The number of hydrogen-bond donors (Lipinski definition) is 2. The van der Waals surface area contributed by atoms with Gasteiger partial charge in [0.05, 0.1) is 0 Å². The van der Waals surface area contributed by atoms with Crippen LogP contribution in [0.2, 0.25) is 0 Å². The van der Waals surface area contributed by atoms with Crippen molar-refractivity contribution in [1.82, 2.24) is 20.4 Å². The van der Waals surface area contributed by atoms with Gasteiger partial charge in [0.25, 0.3) is 0 Å². The van der Waals surface area contributed by atoms with Gasteiger partial charge in [0.15, 0.2) is 5.96 Å². The molecule has 1 amide bonds. The molecule has 2 aliphatic heterocycles. The molecule has 0 bridgehead atoms. The van der Waals surface area contributed by atoms with E-state index in [1.807, 2.05) is 11.9 Å². The molecule has 6 nitrogen and oxygen atoms in total. The summed E-state index contributed by atoms with van der Waals surface area (Å²) in [6.45, 7) is 10.5. The number of aliphatic imine (C=N–C) groups is 1. The minimum atomic E-state index is 0.244. The predicted octanol–water partition coefficient (Wildman–Crippen LogP) is 1.28. The van der Waals surface area contributed by atoms with Gasteiger partial charge in [-0.3, -0.25) is 9.79 Å². The molecule has 138 valence electrons. The normalized spacial score (nSPS) is 24.3. The van der Waals surface area contributed by atoms with Crippen LogP contribution in [0.4, 0.5) is 0 Å². The first-order chi connectivity index (χ1) is 11.6. The maximum absolute atomic E-state index is 11.6. The Bertz CT molecular complexity index is 418. The molecular weight excluding hydrogens is 302 g/mol. The monoisotopic (exact) mass is 337 g/mol. The fraction of sp³-hybridized carbons (Fsp3) is 0.889. The van der Waals surface area contributed by atoms with Gasteiger partial charge in [-0.05, 0) is 58.2 Å². The third-order valence-corrected chi connectivity index (χ3v) is 5.27. The Hall–Kier alpha value is -1.30. The van der Waals surface area contributed by atoms with Crippen LogP contribution < -0.4 is 10.6 Å². The largest absolute Gasteiger partial charge is 0.357 e. The molecule has 0 spiro atoms. The summed E-state index contributed by atoms with van der Waals surface area (Å²) in [6.07, 6.45) is 5.32. The second kappa shape index (κ2) is 9.87. The van der Waals surface area contributed by atoms with Gasteiger partial charge in [-0.1, -0.05) is 6.92 Å². The summed E-state index contributed by atoms with van der Waals surface area (Å²) in [4.78, 5) is 20.7. The van der Waals surface area contributed by atoms with Gasteiger partial charge in [0, 0.05) is 39.1 Å². The summed E-state index contributed by atoms with van der Waals surface area (Å²) in [5, 5.41) is 6.84. The zero-order chi connectivity index (χ0) is 17.4. The molecule has 2 saturated heterocycles. The first kappa shape index (κ1) is 19.0. The molecular formula is C18H35N5O. The van der Waals surface area contributed by atoms with Crippen molar-refractivity contribution in [3.8, 4) is 0 Å². The average Bonchev–Trinajstić information content (AvgIpc) is 2.59. The molecule has 2 rings (SSSR count). The summed E-state index contributed by atoms with van der Waals surface area (Å²) in [7, 11) is 1.88. The number of guanidine groups is 1. The van der Waals surface area contributed by atoms with E-state index in [2.05, 4.69) is 29.4 Å². The fourth-order valence-corrected chi connectivity index (χ4v) is 3.59. The summed E-state index contributed by atoms with van der Waals surface area (Å²) < 4.78 is 0. The highest BCUT2D eigenvalue weighted by molar-refractivity contribution is 5.81. The molecule has 24 heavy (non-hydrogen) atoms. The van der Waals surface area contributed by atoms with Crippen LogP contribution in [0.15, 0.2) is 4.99 Å². The number of piperidine rings is 2. The molecule has 0 aromatic carbocycles. The topological polar surface area (TPSA) is 60.0 Å². The van der Waals surface area contributed by atoms with E-state index in [-0.39, 0.29) is 5.91 Å². The highest BCUT2D eigenvalue weighted by atomic mass is 16.2. The van der Waals surface area contributed by atoms with Gasteiger partial charge < -0.3 is 20.4 Å². The Balaban J connectivity index is 1.75. The number of nitrogens with one attached hydrogen (secondary N) is 2. The van der Waals surface area contributed by atoms with Crippen molar-refractivity contribution in [3.05, 3.63) is 0 Å². The maximum Gasteiger partial charge on any atom is 0.222 e. The maximum atomic E-state index is 11.6. The number of rotatable bonds is 6. The zero-order valence-corrected chi connectivity index (χ0v) is 15.7. The molecule has 0 aliphatic carbocycles. The summed E-state index contributed by atoms with van der Waals surface area (Å²) in [5.41, 5.74) is 0. The Labute approximate surface area is 147 Å². The van der Waals surface area contributed by atoms with Gasteiger partial charge in [-0.15, -0.1) is 0 Å². The standard InChI is InChI=1S/C18H35N5O/c1-4-19-18(21-16-6-7-17(24)22(3)14-16)20-11-8-15-9-12-23(5-2)13-10-15/h15-16H,4-14H2,1-3H3,(H2,19,20,21). The molecule has 6 heteroatoms. The molecule has 0 aromatic rings. The first-order valence-electron chi connectivity index (χ1n) is 9.63. The summed E-state index contributed by atoms with van der Waals surface area (Å²) >= 11 is 0. The lowest BCUT2D eigenvalue weighted by Gasteiger charge is -2.31. The van der Waals surface area contributed by atoms with Crippen LogP contribution in [0.1, 0.15) is 46.0 Å². The number of likely N-dealkylation sites (N-methyl/N-ethyl adjacent to an activating group) is 1. The van der Waals surface area contributed by atoms with Crippen molar-refractivity contribution in [1.29, 1.82) is 0 Å². The van der Waals surface area contributed by atoms with E-state index in [1.54, 1.807) is 0 Å². The van der Waals surface area contributed by atoms with Crippen molar-refractivity contribution in [2.75, 3.05) is 46.3 Å². The lowest BCUT2D eigenvalue weighted by atomic mass is 9.94. The molecule has 2 fully saturated rings. The minimum Gasteiger partial charge on any atom is -0.357 e. The predicted molar refractivity (Wildman–Crippen MR) is 99.2 cm³/mol. The van der Waals surface area contributed by atoms with Gasteiger partial charge >= 0.3 is 0 Å². The van der Waals surface area contributed by atoms with E-state index in [9.17, 15) is 4.79 Å². The van der Waals surface area contributed by atoms with Crippen LogP contribution in [-0.2, 0) is 4.79 Å². The van der Waals surface area contributed by atoms with E-state index < -0.39 is 0 Å². The Morgan fingerprint density at radius 1 is 1.25 bits per heavy atom. The van der Waals surface area contributed by atoms with Crippen LogP contribution in [0.5, 0.6) is 0 Å². The Morgan fingerprint density at radius 3 is 2.62 bits per heavy atom. The number of likely N-dealkylation sites (tertiary alicyclic amines) is 2. The molecule has 0 saturated carbocycles. The smallest absolute Gasteiger partial charge is 0.222 e. The summed E-state index contributed by atoms with van der Waals surface area (Å²) in [5.74, 6) is 1.96. The molecule has 0 radical (unpaired) electrons. The third kappa shape index (κ3) is 5.96. The first-order valence-corrected chi connectivity index (χ1v) is 9.63. The average molecular weight is 338 g/mol. The molecule has 1 atom stereocenters. The highest BCUT2D eigenvalue weighted by Crippen LogP contribution is 2.20. The van der Waals surface area contributed by atoms with Crippen molar-refractivity contribution in [2.24, 2.45) is 10.9 Å². The second-order valence-corrected chi connectivity index (χ2v) is 7.08. The fourth-order valence-electron chi connectivity index (χ4n) is 3.59. The van der Waals surface area contributed by atoms with E-state index in [0.29, 0.717) is 12.5 Å². The van der Waals surface area contributed by atoms with E-state index in [1.165, 1.54) is 38.9 Å². The van der Waals surface area contributed by atoms with E-state index in [4.69, 9.17) is 4.99 Å². The number of amides is 1. The van der Waals surface area contributed by atoms with Crippen LogP contribution in [-0.4, -0.2) is 74.0 Å². The number of hydrogen-bond acceptors (Lipinski definition) is 3. The van der Waals surface area contributed by atoms with Crippen LogP contribution >= 0.6 is 0 Å². The van der Waals surface area contributed by atoms with Crippen LogP contribution in [0.3, 0.4) is 0 Å². The lowest BCUT2D eigenvalue weighted by molar-refractivity contribution is -0.132. The molecule has 0 aromatic heterocycles. The number of nitrogens with zero attached hydrogens (tertiary/aromatic N) is 3. The quantitative estimate of drug-likeness (QED) is 0.566. The number of carbonyl (C=O) groups is 1. The van der Waals surface area contributed by atoms with Crippen molar-refractivity contribution < 1.29 is 4.79 Å². The van der Waals surface area contributed by atoms with Gasteiger partial charge in [0.2, 0.25) is 5.91 Å². The van der Waals surface area contributed by atoms with Crippen molar-refractivity contribution in [3.63, 3.8) is 0 Å². The molecule has 2 aliphatic rings. The van der Waals surface area contributed by atoms with Gasteiger partial charge in [-0.2, -0.15) is 0 Å². The SMILES string of the molecule is CCNC(=NCCC1CCN(CC)CC1)NC1CCC(=O)N(C)C1. The van der Waals surface area contributed by atoms with Crippen molar-refractivity contribution >= 4 is 11.9 Å². The van der Waals surface area contributed by atoms with Crippen LogP contribution in [0, 0.1) is 5.92 Å². The zero-order valence-electron chi connectivity index (χ0n) is 15.7. The lowest BCUT2D eigenvalue weighted by Crippen LogP contribution is -2.51. The Kier molecular flexibility index (Phi) is 7.82. The van der Waals surface area contributed by atoms with Gasteiger partial charge in [-0.25, -0.2) is 0 Å². The van der Waals surface area contributed by atoms with E-state index >= 15 is 0 Å². The van der Waals surface area contributed by atoms with Crippen LogP contribution in [0.25, 0.3) is 0 Å². The second-order valence-electron chi connectivity index (χ2n) is 7.08. The molecule has 2 N–H and O–H groups in total. The third-order valence-electron chi connectivity index (χ3n) is 5.27. The minimum absolute atomic E-state index is 0.244. The molecule has 2 heterocycles. The number of carbonyl (C=O) groups excluding carboxylic acids is 1. The van der Waals surface area contributed by atoms with Gasteiger partial charge in [0.1, 0.15) is 0 Å². The Morgan fingerprint density at radius 2 is 2.00 bits per heavy atom. The van der Waals surface area contributed by atoms with Crippen molar-refractivity contribution in [2.45, 2.75) is 52.0 Å². The summed E-state index contributed by atoms with van der Waals surface area (Å²) in [6, 6.07) is 0.304.